The maximum Gasteiger partial charge on any atom is 0.308 e. The van der Waals surface area contributed by atoms with E-state index in [0.717, 1.165) is 0 Å². The van der Waals surface area contributed by atoms with E-state index in [1.54, 1.807) is 0 Å². The predicted octanol–water partition coefficient (Wildman–Crippen LogP) is 0.558. The third-order valence-corrected chi connectivity index (χ3v) is 2.66. The first-order chi connectivity index (χ1) is 5.88. The van der Waals surface area contributed by atoms with Gasteiger partial charge in [0.25, 0.3) is 10.1 Å². The molecule has 0 saturated heterocycles. The molecule has 5 nitrogen and oxygen atoms in total. The standard InChI is InChI=1S/C6H9ClO5S/c1-2-3-12-6(8)4-5(7)13(9,10)11/h2,5H,1,3-4H2,(H,9,10,11). The highest BCUT2D eigenvalue weighted by Gasteiger charge is 2.23. The van der Waals surface area contributed by atoms with Gasteiger partial charge in [0, 0.05) is 0 Å². The molecule has 0 aromatic carbocycles. The molecule has 0 aromatic rings. The Kier molecular flexibility index (Phi) is 4.97. The highest BCUT2D eigenvalue weighted by molar-refractivity contribution is 7.87. The molecule has 0 fully saturated rings. The van der Waals surface area contributed by atoms with Gasteiger partial charge in [0.05, 0.1) is 6.42 Å². The number of rotatable bonds is 5. The summed E-state index contributed by atoms with van der Waals surface area (Å²) in [7, 11) is -4.38. The van der Waals surface area contributed by atoms with Crippen LogP contribution in [0, 0.1) is 0 Å². The summed E-state index contributed by atoms with van der Waals surface area (Å²) in [5.41, 5.74) is 0. The SMILES string of the molecule is C=CCOC(=O)CC(Cl)S(=O)(=O)O. The summed E-state index contributed by atoms with van der Waals surface area (Å²) < 4.78 is 31.8. The Labute approximate surface area is 81.1 Å². The third kappa shape index (κ3) is 5.62. The van der Waals surface area contributed by atoms with Crippen LogP contribution in [0.3, 0.4) is 0 Å². The van der Waals surface area contributed by atoms with Gasteiger partial charge in [-0.15, -0.1) is 11.6 Å². The van der Waals surface area contributed by atoms with Crippen LogP contribution >= 0.6 is 11.6 Å². The summed E-state index contributed by atoms with van der Waals surface area (Å²) >= 11 is 5.17. The molecular weight excluding hydrogens is 220 g/mol. The topological polar surface area (TPSA) is 80.7 Å². The molecule has 0 aromatic heterocycles. The molecule has 0 aliphatic heterocycles. The first-order valence-electron chi connectivity index (χ1n) is 3.25. The summed E-state index contributed by atoms with van der Waals surface area (Å²) in [6.07, 6.45) is 0.739. The third-order valence-electron chi connectivity index (χ3n) is 1.01. The summed E-state index contributed by atoms with van der Waals surface area (Å²) in [5, 5.41) is 0. The molecular formula is C6H9ClO5S. The Morgan fingerprint density at radius 1 is 1.69 bits per heavy atom. The van der Waals surface area contributed by atoms with E-state index in [-0.39, 0.29) is 6.61 Å². The van der Waals surface area contributed by atoms with Gasteiger partial charge >= 0.3 is 5.97 Å². The molecule has 1 N–H and O–H groups in total. The number of carbonyl (C=O) groups excluding carboxylic acids is 1. The van der Waals surface area contributed by atoms with Crippen molar-refractivity contribution in [2.75, 3.05) is 6.61 Å². The van der Waals surface area contributed by atoms with E-state index >= 15 is 0 Å². The van der Waals surface area contributed by atoms with E-state index in [1.807, 2.05) is 0 Å². The van der Waals surface area contributed by atoms with Gasteiger partial charge in [-0.2, -0.15) is 8.42 Å². The largest absolute Gasteiger partial charge is 0.461 e. The van der Waals surface area contributed by atoms with E-state index in [2.05, 4.69) is 11.3 Å². The minimum Gasteiger partial charge on any atom is -0.461 e. The van der Waals surface area contributed by atoms with Crippen molar-refractivity contribution in [3.8, 4) is 0 Å². The first kappa shape index (κ1) is 12.4. The van der Waals surface area contributed by atoms with Crippen molar-refractivity contribution in [1.29, 1.82) is 0 Å². The minimum atomic E-state index is -4.38. The van der Waals surface area contributed by atoms with Crippen LogP contribution in [0.1, 0.15) is 6.42 Å². The van der Waals surface area contributed by atoms with Gasteiger partial charge in [-0.05, 0) is 0 Å². The molecule has 0 amide bonds. The maximum atomic E-state index is 10.7. The smallest absolute Gasteiger partial charge is 0.308 e. The van der Waals surface area contributed by atoms with Crippen LogP contribution in [0.4, 0.5) is 0 Å². The fourth-order valence-corrected chi connectivity index (χ4v) is 0.920. The molecule has 0 heterocycles. The molecule has 0 radical (unpaired) electrons. The second kappa shape index (κ2) is 5.21. The highest BCUT2D eigenvalue weighted by atomic mass is 35.5. The normalized spacial score (nSPS) is 13.4. The summed E-state index contributed by atoms with van der Waals surface area (Å²) in [5.74, 6) is -0.808. The van der Waals surface area contributed by atoms with Crippen LogP contribution < -0.4 is 0 Å². The van der Waals surface area contributed by atoms with E-state index in [1.165, 1.54) is 6.08 Å². The molecule has 1 atom stereocenters. The first-order valence-corrected chi connectivity index (χ1v) is 5.18. The van der Waals surface area contributed by atoms with Crippen LogP contribution in [0.5, 0.6) is 0 Å². The molecule has 76 valence electrons. The molecule has 7 heteroatoms. The maximum absolute atomic E-state index is 10.7. The molecule has 13 heavy (non-hydrogen) atoms. The van der Waals surface area contributed by atoms with Gasteiger partial charge in [0.2, 0.25) is 0 Å². The fourth-order valence-electron chi connectivity index (χ4n) is 0.447. The number of carbonyl (C=O) groups is 1. The zero-order valence-corrected chi connectivity index (χ0v) is 8.21. The Bertz CT molecular complexity index is 283. The zero-order chi connectivity index (χ0) is 10.5. The van der Waals surface area contributed by atoms with Crippen molar-refractivity contribution in [2.45, 2.75) is 11.1 Å². The number of hydrogen-bond donors (Lipinski definition) is 1. The summed E-state index contributed by atoms with van der Waals surface area (Å²) in [6.45, 7) is 3.26. The van der Waals surface area contributed by atoms with Crippen molar-refractivity contribution < 1.29 is 22.5 Å². The quantitative estimate of drug-likeness (QED) is 0.322. The van der Waals surface area contributed by atoms with Gasteiger partial charge < -0.3 is 4.74 Å². The molecule has 0 spiro atoms. The number of esters is 1. The lowest BCUT2D eigenvalue weighted by Gasteiger charge is -2.04. The molecule has 0 bridgehead atoms. The zero-order valence-electron chi connectivity index (χ0n) is 6.64. The highest BCUT2D eigenvalue weighted by Crippen LogP contribution is 2.09. The van der Waals surface area contributed by atoms with Crippen LogP contribution in [-0.4, -0.2) is 30.3 Å². The average Bonchev–Trinajstić information content (AvgIpc) is 1.99. The Balaban J connectivity index is 4.00. The average molecular weight is 229 g/mol. The van der Waals surface area contributed by atoms with E-state index < -0.39 is 27.2 Å². The Morgan fingerprint density at radius 2 is 2.23 bits per heavy atom. The number of halogens is 1. The lowest BCUT2D eigenvalue weighted by Crippen LogP contribution is -2.19. The van der Waals surface area contributed by atoms with Crippen LogP contribution in [0.15, 0.2) is 12.7 Å². The molecule has 0 aliphatic carbocycles. The van der Waals surface area contributed by atoms with Crippen LogP contribution in [0.2, 0.25) is 0 Å². The van der Waals surface area contributed by atoms with E-state index in [0.29, 0.717) is 0 Å². The monoisotopic (exact) mass is 228 g/mol. The van der Waals surface area contributed by atoms with E-state index in [9.17, 15) is 13.2 Å². The number of ether oxygens (including phenoxy) is 1. The van der Waals surface area contributed by atoms with E-state index in [4.69, 9.17) is 16.2 Å². The fraction of sp³-hybridized carbons (Fsp3) is 0.500. The molecule has 0 aliphatic rings. The summed E-state index contributed by atoms with van der Waals surface area (Å²) in [6, 6.07) is 0. The second-order valence-corrected chi connectivity index (χ2v) is 4.49. The number of hydrogen-bond acceptors (Lipinski definition) is 4. The second-order valence-electron chi connectivity index (χ2n) is 2.10. The van der Waals surface area contributed by atoms with Gasteiger partial charge in [0.1, 0.15) is 6.61 Å². The Morgan fingerprint density at radius 3 is 2.62 bits per heavy atom. The van der Waals surface area contributed by atoms with Gasteiger partial charge in [0.15, 0.2) is 4.71 Å². The van der Waals surface area contributed by atoms with Crippen molar-refractivity contribution in [1.82, 2.24) is 0 Å². The Hall–Kier alpha value is -0.590. The van der Waals surface area contributed by atoms with Gasteiger partial charge in [-0.3, -0.25) is 9.35 Å². The van der Waals surface area contributed by atoms with Crippen LogP contribution in [0.25, 0.3) is 0 Å². The van der Waals surface area contributed by atoms with Gasteiger partial charge in [-0.25, -0.2) is 0 Å². The summed E-state index contributed by atoms with van der Waals surface area (Å²) in [4.78, 5) is 10.7. The minimum absolute atomic E-state index is 0.0199. The molecule has 1 unspecified atom stereocenters. The number of alkyl halides is 1. The van der Waals surface area contributed by atoms with Crippen LogP contribution in [-0.2, 0) is 19.6 Å². The van der Waals surface area contributed by atoms with Gasteiger partial charge in [-0.1, -0.05) is 12.7 Å². The van der Waals surface area contributed by atoms with Crippen molar-refractivity contribution in [3.63, 3.8) is 0 Å². The lowest BCUT2D eigenvalue weighted by molar-refractivity contribution is -0.142. The molecule has 0 saturated carbocycles. The predicted molar refractivity (Wildman–Crippen MR) is 47.0 cm³/mol. The molecule has 0 rings (SSSR count). The van der Waals surface area contributed by atoms with Crippen molar-refractivity contribution in [3.05, 3.63) is 12.7 Å². The van der Waals surface area contributed by atoms with Crippen molar-refractivity contribution >= 4 is 27.7 Å². The lowest BCUT2D eigenvalue weighted by atomic mass is 10.5. The van der Waals surface area contributed by atoms with Crippen molar-refractivity contribution in [2.24, 2.45) is 0 Å².